The Morgan fingerprint density at radius 1 is 0.430 bits per heavy atom. The Kier molecular flexibility index (Phi) is 25.3. The second kappa shape index (κ2) is 35.1. The van der Waals surface area contributed by atoms with Crippen molar-refractivity contribution in [3.8, 4) is 33.8 Å². The van der Waals surface area contributed by atoms with E-state index in [0.717, 1.165) is 88.6 Å². The zero-order valence-corrected chi connectivity index (χ0v) is 66.1. The number of aryl methyl sites for hydroxylation is 3. The summed E-state index contributed by atoms with van der Waals surface area (Å²) in [7, 11) is 4.47. The number of anilines is 6. The van der Waals surface area contributed by atoms with E-state index < -0.39 is 54.7 Å². The highest BCUT2D eigenvalue weighted by molar-refractivity contribution is 7.85. The Balaban J connectivity index is 0.000000160. The maximum atomic E-state index is 12.7. The minimum absolute atomic E-state index is 0.165. The Labute approximate surface area is 652 Å². The van der Waals surface area contributed by atoms with Gasteiger partial charge in [-0.05, 0) is 95.7 Å². The SMILES string of the molecule is CS(=O)(=O)O.CS(C)=O.C[C@H]1CCCN1c1ncc(-c2cccc(NC(=O)Cn3cnc4c3c(=O)n(C)c(=O)n4C)n2)cn1.C[C@H]1CCCN1c1ncc(-c2cccc(NC(=O)Cn3cnc4c3c(=O)n(C)c(=O)n4C)n2)cn1.C[C@H]1CCCN1c1ncc(-c2cccc(NC(=O)Cn3cnc4c3c(=O)n(C)c(=O)n4C)n2)cn1. The van der Waals surface area contributed by atoms with E-state index in [1.807, 2.05) is 18.2 Å². The summed E-state index contributed by atoms with van der Waals surface area (Å²) in [4.78, 5) is 172. The van der Waals surface area contributed by atoms with Gasteiger partial charge in [0.15, 0.2) is 33.5 Å². The van der Waals surface area contributed by atoms with Crippen molar-refractivity contribution < 1.29 is 31.6 Å². The maximum absolute atomic E-state index is 12.7. The first-order chi connectivity index (χ1) is 54.2. The van der Waals surface area contributed by atoms with Crippen LogP contribution in [0.4, 0.5) is 35.3 Å². The van der Waals surface area contributed by atoms with Crippen LogP contribution in [-0.4, -0.2) is 192 Å². The Morgan fingerprint density at radius 3 is 0.886 bits per heavy atom. The first-order valence-electron chi connectivity index (χ1n) is 35.8. The molecule has 3 fully saturated rings. The molecule has 40 nitrogen and oxygen atoms in total. The second-order valence-electron chi connectivity index (χ2n) is 27.5. The third kappa shape index (κ3) is 19.0. The molecule has 598 valence electrons. The van der Waals surface area contributed by atoms with E-state index in [2.05, 4.69) is 111 Å². The summed E-state index contributed by atoms with van der Waals surface area (Å²) in [6.07, 6.45) is 25.3. The number of hydrogen-bond donors (Lipinski definition) is 4. The van der Waals surface area contributed by atoms with Gasteiger partial charge in [0.05, 0.1) is 42.3 Å². The highest BCUT2D eigenvalue weighted by Gasteiger charge is 2.27. The summed E-state index contributed by atoms with van der Waals surface area (Å²) in [6.45, 7) is 8.88. The number of nitrogens with zero attached hydrogens (tertiary/aromatic N) is 24. The van der Waals surface area contributed by atoms with Crippen molar-refractivity contribution >= 4 is 107 Å². The van der Waals surface area contributed by atoms with Gasteiger partial charge in [-0.2, -0.15) is 8.42 Å². The van der Waals surface area contributed by atoms with Gasteiger partial charge in [-0.1, -0.05) is 18.2 Å². The number of aromatic nitrogens is 21. The quantitative estimate of drug-likeness (QED) is 0.107. The van der Waals surface area contributed by atoms with Crippen LogP contribution >= 0.6 is 0 Å². The third-order valence-corrected chi connectivity index (χ3v) is 18.9. The van der Waals surface area contributed by atoms with Crippen molar-refractivity contribution in [3.63, 3.8) is 0 Å². The van der Waals surface area contributed by atoms with E-state index in [0.29, 0.717) is 76.8 Å². The van der Waals surface area contributed by atoms with Crippen molar-refractivity contribution in [2.75, 3.05) is 69.1 Å². The lowest BCUT2D eigenvalue weighted by Gasteiger charge is -2.20. The molecule has 15 rings (SSSR count). The Bertz CT molecular complexity index is 5560. The largest absolute Gasteiger partial charge is 0.338 e. The van der Waals surface area contributed by atoms with E-state index in [4.69, 9.17) is 4.55 Å². The summed E-state index contributed by atoms with van der Waals surface area (Å²) in [5, 5.41) is 8.26. The Hall–Kier alpha value is -13.0. The molecule has 42 heteroatoms. The summed E-state index contributed by atoms with van der Waals surface area (Å²) in [5.41, 5.74) is 2.30. The maximum Gasteiger partial charge on any atom is 0.332 e. The predicted molar refractivity (Wildman–Crippen MR) is 428 cm³/mol. The van der Waals surface area contributed by atoms with E-state index in [9.17, 15) is 55.8 Å². The number of hydrogen-bond acceptors (Lipinski definition) is 27. The highest BCUT2D eigenvalue weighted by Crippen LogP contribution is 2.28. The molecule has 3 saturated heterocycles. The fourth-order valence-electron chi connectivity index (χ4n) is 13.1. The average molecular weight is 1600 g/mol. The molecule has 3 aliphatic heterocycles. The minimum atomic E-state index is -3.67. The Morgan fingerprint density at radius 2 is 0.667 bits per heavy atom. The van der Waals surface area contributed by atoms with Crippen LogP contribution in [0.25, 0.3) is 67.3 Å². The summed E-state index contributed by atoms with van der Waals surface area (Å²) >= 11 is 0. The van der Waals surface area contributed by atoms with Gasteiger partial charge >= 0.3 is 17.1 Å². The van der Waals surface area contributed by atoms with Crippen LogP contribution in [0.1, 0.15) is 59.3 Å². The van der Waals surface area contributed by atoms with E-state index in [1.54, 1.807) is 86.1 Å². The van der Waals surface area contributed by atoms with Gasteiger partial charge in [0.2, 0.25) is 35.6 Å². The first-order valence-corrected chi connectivity index (χ1v) is 39.6. The summed E-state index contributed by atoms with van der Waals surface area (Å²) < 4.78 is 46.5. The molecule has 0 spiro atoms. The molecular formula is C72H85N27O13S2. The molecule has 3 atom stereocenters. The van der Waals surface area contributed by atoms with Crippen molar-refractivity contribution in [2.24, 2.45) is 42.3 Å². The van der Waals surface area contributed by atoms with Crippen molar-refractivity contribution in [1.29, 1.82) is 0 Å². The van der Waals surface area contributed by atoms with Gasteiger partial charge in [-0.25, -0.2) is 74.2 Å². The topological polar surface area (TPSA) is 470 Å². The number of carbonyl (C=O) groups excluding carboxylic acids is 3. The van der Waals surface area contributed by atoms with Crippen molar-refractivity contribution in [2.45, 2.75) is 97.1 Å². The number of rotatable bonds is 15. The third-order valence-electron chi connectivity index (χ3n) is 18.9. The average Bonchev–Trinajstić information content (AvgIpc) is 1.60. The van der Waals surface area contributed by atoms with Crippen LogP contribution in [-0.2, 0) is 97.2 Å². The van der Waals surface area contributed by atoms with Gasteiger partial charge < -0.3 is 44.4 Å². The van der Waals surface area contributed by atoms with E-state index >= 15 is 0 Å². The molecule has 0 aromatic carbocycles. The molecule has 0 unspecified atom stereocenters. The normalized spacial score (nSPS) is 15.2. The monoisotopic (exact) mass is 1600 g/mol. The van der Waals surface area contributed by atoms with Crippen LogP contribution in [0.3, 0.4) is 0 Å². The predicted octanol–water partition coefficient (Wildman–Crippen LogP) is 2.24. The molecular weight excluding hydrogens is 1520 g/mol. The van der Waals surface area contributed by atoms with Gasteiger partial charge in [0, 0.05) is 157 Å². The number of imidazole rings is 3. The molecule has 15 heterocycles. The van der Waals surface area contributed by atoms with E-state index in [1.165, 1.54) is 88.7 Å². The molecule has 0 aliphatic carbocycles. The molecule has 0 bridgehead atoms. The lowest BCUT2D eigenvalue weighted by Crippen LogP contribution is -2.37. The molecule has 114 heavy (non-hydrogen) atoms. The molecule has 3 aliphatic rings. The van der Waals surface area contributed by atoms with E-state index in [-0.39, 0.29) is 70.8 Å². The smallest absolute Gasteiger partial charge is 0.332 e. The second-order valence-corrected chi connectivity index (χ2v) is 30.4. The van der Waals surface area contributed by atoms with Crippen molar-refractivity contribution in [1.82, 2.24) is 101 Å². The molecule has 4 N–H and O–H groups in total. The standard InChI is InChI=1S/3C23H25N9O3.C2H6OS.CH4O3S/c3*1-14-6-5-9-32(14)22-24-10-15(11-25-22)16-7-4-8-17(27-16)28-18(33)12-31-13-26-20-19(31)21(34)30(3)23(35)29(20)2;1-4(2)3;1-5(2,3)4/h3*4,7-8,10-11,13-14H,5-6,9,12H2,1-3H3,(H,27,28,33);1-2H3;1H3,(H,2,3,4)/t3*14-;;/m000../s1. The first kappa shape index (κ1) is 82.0. The van der Waals surface area contributed by atoms with Crippen molar-refractivity contribution in [3.05, 3.63) is 173 Å². The number of amides is 3. The van der Waals surface area contributed by atoms with Crippen LogP contribution in [0, 0.1) is 0 Å². The molecule has 12 aromatic heterocycles. The number of carbonyl (C=O) groups is 3. The molecule has 0 saturated carbocycles. The fraction of sp³-hybridized carbons (Fsp3) is 0.375. The minimum Gasteiger partial charge on any atom is -0.338 e. The molecule has 3 amide bonds. The highest BCUT2D eigenvalue weighted by atomic mass is 32.2. The van der Waals surface area contributed by atoms with Crippen LogP contribution in [0.2, 0.25) is 0 Å². The van der Waals surface area contributed by atoms with Gasteiger partial charge in [0.1, 0.15) is 37.1 Å². The zero-order chi connectivity index (χ0) is 82.1. The van der Waals surface area contributed by atoms with Gasteiger partial charge in [0.25, 0.3) is 26.8 Å². The molecule has 0 radical (unpaired) electrons. The number of fused-ring (bicyclic) bond motifs is 3. The van der Waals surface area contributed by atoms with Crippen LogP contribution < -0.4 is 64.4 Å². The van der Waals surface area contributed by atoms with Gasteiger partial charge in [-0.3, -0.25) is 64.9 Å². The van der Waals surface area contributed by atoms with Crippen LogP contribution in [0.15, 0.2) is 140 Å². The number of nitrogens with one attached hydrogen (secondary N) is 3. The number of pyridine rings is 3. The van der Waals surface area contributed by atoms with Crippen LogP contribution in [0.5, 0.6) is 0 Å². The zero-order valence-electron chi connectivity index (χ0n) is 64.5. The summed E-state index contributed by atoms with van der Waals surface area (Å²) in [5.74, 6) is 2.02. The summed E-state index contributed by atoms with van der Waals surface area (Å²) in [6, 6.07) is 17.1. The molecule has 12 aromatic rings. The van der Waals surface area contributed by atoms with Gasteiger partial charge in [-0.15, -0.1) is 0 Å². The lowest BCUT2D eigenvalue weighted by molar-refractivity contribution is -0.117. The fourth-order valence-corrected chi connectivity index (χ4v) is 13.1. The lowest BCUT2D eigenvalue weighted by atomic mass is 10.2.